The first-order valence-electron chi connectivity index (χ1n) is 5.91. The van der Waals surface area contributed by atoms with Crippen molar-refractivity contribution in [3.63, 3.8) is 0 Å². The molecule has 17 heavy (non-hydrogen) atoms. The monoisotopic (exact) mass is 236 g/mol. The number of benzene rings is 1. The minimum absolute atomic E-state index is 0.170. The van der Waals surface area contributed by atoms with Crippen LogP contribution in [0.3, 0.4) is 0 Å². The summed E-state index contributed by atoms with van der Waals surface area (Å²) in [5.74, 6) is 0.483. The Morgan fingerprint density at radius 2 is 1.94 bits per heavy atom. The lowest BCUT2D eigenvalue weighted by Crippen LogP contribution is -2.07. The standard InChI is InChI=1S/C14H20O3/c1-9(2)8-17-11-5-6-12(14(15)16)13(7-11)10(3)4/h5-7,9-10H,8H2,1-4H3,(H,15,16). The zero-order valence-electron chi connectivity index (χ0n) is 10.9. The number of rotatable bonds is 5. The Kier molecular flexibility index (Phi) is 4.55. The summed E-state index contributed by atoms with van der Waals surface area (Å²) in [6.07, 6.45) is 0. The molecular weight excluding hydrogens is 216 g/mol. The molecule has 0 fully saturated rings. The average Bonchev–Trinajstić information content (AvgIpc) is 2.25. The van der Waals surface area contributed by atoms with E-state index < -0.39 is 5.97 Å². The third-order valence-electron chi connectivity index (χ3n) is 2.46. The van der Waals surface area contributed by atoms with E-state index in [-0.39, 0.29) is 5.92 Å². The van der Waals surface area contributed by atoms with Crippen molar-refractivity contribution in [2.45, 2.75) is 33.6 Å². The Morgan fingerprint density at radius 3 is 2.41 bits per heavy atom. The van der Waals surface area contributed by atoms with Crippen LogP contribution < -0.4 is 4.74 Å². The highest BCUT2D eigenvalue weighted by Crippen LogP contribution is 2.25. The van der Waals surface area contributed by atoms with Crippen LogP contribution in [-0.4, -0.2) is 17.7 Å². The summed E-state index contributed by atoms with van der Waals surface area (Å²) >= 11 is 0. The van der Waals surface area contributed by atoms with E-state index in [1.54, 1.807) is 12.1 Å². The van der Waals surface area contributed by atoms with Crippen molar-refractivity contribution in [3.8, 4) is 5.75 Å². The van der Waals surface area contributed by atoms with Crippen molar-refractivity contribution in [2.24, 2.45) is 5.92 Å². The highest BCUT2D eigenvalue weighted by Gasteiger charge is 2.13. The predicted octanol–water partition coefficient (Wildman–Crippen LogP) is 3.54. The number of hydrogen-bond donors (Lipinski definition) is 1. The van der Waals surface area contributed by atoms with Crippen LogP contribution in [0.25, 0.3) is 0 Å². The van der Waals surface area contributed by atoms with Gasteiger partial charge in [0.25, 0.3) is 0 Å². The van der Waals surface area contributed by atoms with Crippen molar-refractivity contribution >= 4 is 5.97 Å². The summed E-state index contributed by atoms with van der Waals surface area (Å²) < 4.78 is 5.60. The maximum atomic E-state index is 11.1. The second-order valence-electron chi connectivity index (χ2n) is 4.91. The van der Waals surface area contributed by atoms with Crippen LogP contribution in [-0.2, 0) is 0 Å². The number of carboxylic acid groups (broad SMARTS) is 1. The van der Waals surface area contributed by atoms with E-state index in [9.17, 15) is 4.79 Å². The van der Waals surface area contributed by atoms with Gasteiger partial charge in [-0.25, -0.2) is 4.79 Å². The molecule has 0 radical (unpaired) electrons. The molecule has 0 spiro atoms. The van der Waals surface area contributed by atoms with Gasteiger partial charge >= 0.3 is 5.97 Å². The van der Waals surface area contributed by atoms with Gasteiger partial charge in [-0.1, -0.05) is 27.7 Å². The summed E-state index contributed by atoms with van der Waals surface area (Å²) in [4.78, 5) is 11.1. The molecule has 0 aliphatic heterocycles. The molecule has 0 unspecified atom stereocenters. The van der Waals surface area contributed by atoms with Gasteiger partial charge in [-0.3, -0.25) is 0 Å². The van der Waals surface area contributed by atoms with Crippen LogP contribution in [0.2, 0.25) is 0 Å². The Balaban J connectivity index is 2.97. The van der Waals surface area contributed by atoms with Crippen LogP contribution in [0.15, 0.2) is 18.2 Å². The zero-order chi connectivity index (χ0) is 13.0. The molecule has 0 heterocycles. The summed E-state index contributed by atoms with van der Waals surface area (Å²) in [6.45, 7) is 8.76. The molecule has 0 aliphatic rings. The van der Waals surface area contributed by atoms with Gasteiger partial charge in [-0.15, -0.1) is 0 Å². The van der Waals surface area contributed by atoms with Crippen LogP contribution in [0.1, 0.15) is 49.5 Å². The maximum absolute atomic E-state index is 11.1. The van der Waals surface area contributed by atoms with Gasteiger partial charge in [-0.2, -0.15) is 0 Å². The van der Waals surface area contributed by atoms with Crippen molar-refractivity contribution in [3.05, 3.63) is 29.3 Å². The smallest absolute Gasteiger partial charge is 0.335 e. The van der Waals surface area contributed by atoms with Gasteiger partial charge in [0.2, 0.25) is 0 Å². The number of ether oxygens (including phenoxy) is 1. The summed E-state index contributed by atoms with van der Waals surface area (Å²) in [6, 6.07) is 5.17. The maximum Gasteiger partial charge on any atom is 0.335 e. The number of hydrogen-bond acceptors (Lipinski definition) is 2. The van der Waals surface area contributed by atoms with E-state index in [2.05, 4.69) is 13.8 Å². The molecule has 3 nitrogen and oxygen atoms in total. The zero-order valence-corrected chi connectivity index (χ0v) is 10.9. The molecule has 0 aliphatic carbocycles. The number of aromatic carboxylic acids is 1. The minimum Gasteiger partial charge on any atom is -0.493 e. The molecule has 94 valence electrons. The Bertz CT molecular complexity index is 394. The van der Waals surface area contributed by atoms with E-state index >= 15 is 0 Å². The molecule has 0 atom stereocenters. The summed E-state index contributed by atoms with van der Waals surface area (Å²) in [5, 5.41) is 9.08. The molecule has 1 rings (SSSR count). The highest BCUT2D eigenvalue weighted by molar-refractivity contribution is 5.89. The lowest BCUT2D eigenvalue weighted by atomic mass is 9.97. The third-order valence-corrected chi connectivity index (χ3v) is 2.46. The SMILES string of the molecule is CC(C)COc1ccc(C(=O)O)c(C(C)C)c1. The van der Waals surface area contributed by atoms with Gasteiger partial charge in [0.15, 0.2) is 0 Å². The fourth-order valence-electron chi connectivity index (χ4n) is 1.57. The normalized spacial score (nSPS) is 10.9. The van der Waals surface area contributed by atoms with Gasteiger partial charge in [-0.05, 0) is 35.6 Å². The molecule has 1 aromatic rings. The Morgan fingerprint density at radius 1 is 1.29 bits per heavy atom. The largest absolute Gasteiger partial charge is 0.493 e. The molecule has 0 bridgehead atoms. The molecule has 0 amide bonds. The fourth-order valence-corrected chi connectivity index (χ4v) is 1.57. The second-order valence-corrected chi connectivity index (χ2v) is 4.91. The van der Waals surface area contributed by atoms with Crippen LogP contribution in [0.5, 0.6) is 5.75 Å². The van der Waals surface area contributed by atoms with E-state index in [1.165, 1.54) is 0 Å². The van der Waals surface area contributed by atoms with E-state index in [4.69, 9.17) is 9.84 Å². The summed E-state index contributed by atoms with van der Waals surface area (Å²) in [5.41, 5.74) is 1.18. The quantitative estimate of drug-likeness (QED) is 0.850. The summed E-state index contributed by atoms with van der Waals surface area (Å²) in [7, 11) is 0. The first-order chi connectivity index (χ1) is 7.91. The molecule has 3 heteroatoms. The topological polar surface area (TPSA) is 46.5 Å². The van der Waals surface area contributed by atoms with E-state index in [1.807, 2.05) is 19.9 Å². The number of carboxylic acids is 1. The highest BCUT2D eigenvalue weighted by atomic mass is 16.5. The molecule has 1 N–H and O–H groups in total. The van der Waals surface area contributed by atoms with Crippen molar-refractivity contribution in [2.75, 3.05) is 6.61 Å². The second kappa shape index (κ2) is 5.71. The lowest BCUT2D eigenvalue weighted by Gasteiger charge is -2.14. The Labute approximate surface area is 102 Å². The minimum atomic E-state index is -0.885. The Hall–Kier alpha value is -1.51. The molecule has 1 aromatic carbocycles. The van der Waals surface area contributed by atoms with Gasteiger partial charge < -0.3 is 9.84 Å². The van der Waals surface area contributed by atoms with Gasteiger partial charge in [0, 0.05) is 0 Å². The van der Waals surface area contributed by atoms with Crippen LogP contribution >= 0.6 is 0 Å². The van der Waals surface area contributed by atoms with Crippen molar-refractivity contribution < 1.29 is 14.6 Å². The molecular formula is C14H20O3. The van der Waals surface area contributed by atoms with E-state index in [0.717, 1.165) is 11.3 Å². The van der Waals surface area contributed by atoms with Crippen molar-refractivity contribution in [1.82, 2.24) is 0 Å². The van der Waals surface area contributed by atoms with Gasteiger partial charge in [0.05, 0.1) is 12.2 Å². The van der Waals surface area contributed by atoms with E-state index in [0.29, 0.717) is 18.1 Å². The van der Waals surface area contributed by atoms with Gasteiger partial charge in [0.1, 0.15) is 5.75 Å². The lowest BCUT2D eigenvalue weighted by molar-refractivity contribution is 0.0695. The van der Waals surface area contributed by atoms with Crippen LogP contribution in [0, 0.1) is 5.92 Å². The third kappa shape index (κ3) is 3.77. The average molecular weight is 236 g/mol. The number of carbonyl (C=O) groups is 1. The van der Waals surface area contributed by atoms with Crippen molar-refractivity contribution in [1.29, 1.82) is 0 Å². The molecule has 0 aromatic heterocycles. The fraction of sp³-hybridized carbons (Fsp3) is 0.500. The predicted molar refractivity (Wildman–Crippen MR) is 67.8 cm³/mol. The first kappa shape index (κ1) is 13.6. The first-order valence-corrected chi connectivity index (χ1v) is 5.91. The molecule has 0 saturated carbocycles. The molecule has 0 saturated heterocycles. The van der Waals surface area contributed by atoms with Crippen LogP contribution in [0.4, 0.5) is 0 Å².